The maximum Gasteiger partial charge on any atom is 0.408 e. The molecule has 0 spiro atoms. The first kappa shape index (κ1) is 56.8. The molecule has 1 aromatic rings. The van der Waals surface area contributed by atoms with Crippen molar-refractivity contribution in [3.63, 3.8) is 0 Å². The lowest BCUT2D eigenvalue weighted by atomic mass is 10.0. The number of phenolic OH excluding ortho intramolecular Hbond substituents is 1. The van der Waals surface area contributed by atoms with Crippen molar-refractivity contribution in [2.24, 2.45) is 27.9 Å². The van der Waals surface area contributed by atoms with Gasteiger partial charge in [-0.1, -0.05) is 12.1 Å². The number of carbonyl (C=O) groups excluding carboxylic acids is 8. The quantitative estimate of drug-likeness (QED) is 0.0163. The summed E-state index contributed by atoms with van der Waals surface area (Å²) in [6.45, 7) is 4.75. The van der Waals surface area contributed by atoms with Gasteiger partial charge in [-0.05, 0) is 83.5 Å². The number of hydrogen-bond acceptors (Lipinski definition) is 15. The number of carboxylic acid groups (broad SMARTS) is 2. The Labute approximate surface area is 380 Å². The zero-order valence-electron chi connectivity index (χ0n) is 37.3. The molecule has 7 amide bonds. The van der Waals surface area contributed by atoms with Crippen LogP contribution in [-0.4, -0.2) is 143 Å². The summed E-state index contributed by atoms with van der Waals surface area (Å²) >= 11 is 0. The van der Waals surface area contributed by atoms with Crippen LogP contribution in [0.2, 0.25) is 0 Å². The van der Waals surface area contributed by atoms with E-state index in [9.17, 15) is 63.3 Å². The lowest BCUT2D eigenvalue weighted by molar-refractivity contribution is -0.145. The number of amides is 7. The van der Waals surface area contributed by atoms with Crippen molar-refractivity contribution >= 4 is 65.4 Å². The summed E-state index contributed by atoms with van der Waals surface area (Å²) in [5.74, 6) is -10.8. The van der Waals surface area contributed by atoms with Crippen LogP contribution in [0.3, 0.4) is 0 Å². The molecule has 0 aliphatic rings. The molecular weight excluding hydrogens is 875 g/mol. The molecule has 0 heterocycles. The molecule has 6 atom stereocenters. The summed E-state index contributed by atoms with van der Waals surface area (Å²) in [7, 11) is 1.11. The summed E-state index contributed by atoms with van der Waals surface area (Å²) in [6, 6.07) is -4.46. The van der Waals surface area contributed by atoms with Crippen LogP contribution in [0, 0.1) is 0 Å². The van der Waals surface area contributed by atoms with E-state index in [1.54, 1.807) is 0 Å². The van der Waals surface area contributed by atoms with Gasteiger partial charge in [0.25, 0.3) is 0 Å². The van der Waals surface area contributed by atoms with Crippen molar-refractivity contribution in [3.05, 3.63) is 29.8 Å². The number of esters is 1. The molecule has 0 fully saturated rings. The number of aliphatic carboxylic acids is 2. The smallest absolute Gasteiger partial charge is 0.408 e. The highest BCUT2D eigenvalue weighted by atomic mass is 16.6. The van der Waals surface area contributed by atoms with Crippen molar-refractivity contribution in [1.29, 1.82) is 0 Å². The van der Waals surface area contributed by atoms with Gasteiger partial charge in [-0.25, -0.2) is 9.59 Å². The highest BCUT2D eigenvalue weighted by Gasteiger charge is 2.35. The average molecular weight is 938 g/mol. The second-order valence-corrected chi connectivity index (χ2v) is 15.8. The number of unbranched alkanes of at least 4 members (excludes halogenated alkanes) is 1. The van der Waals surface area contributed by atoms with E-state index in [4.69, 9.17) is 32.4 Å². The SMILES string of the molecule is COC(=O)[C@H](CCCCN)NC(=O)[C@H](CCC(N)=O)NC(=O)[C@H](CCCN=C(N)N)NC(=O)[C@H](Cc1ccc(O)cc1)NC(=O)[C@H](CC(=O)O)NC(=O)[C@H](CC(=O)O)NC(=O)OC(C)(C)C. The van der Waals surface area contributed by atoms with Gasteiger partial charge in [0.05, 0.1) is 20.0 Å². The maximum atomic E-state index is 14.2. The van der Waals surface area contributed by atoms with Crippen LogP contribution in [0.1, 0.15) is 84.1 Å². The van der Waals surface area contributed by atoms with Gasteiger partial charge in [0.1, 0.15) is 47.6 Å². The van der Waals surface area contributed by atoms with Gasteiger partial charge in [-0.15, -0.1) is 0 Å². The molecule has 0 saturated carbocycles. The number of carboxylic acids is 2. The molecule has 0 radical (unpaired) electrons. The summed E-state index contributed by atoms with van der Waals surface area (Å²) in [4.78, 5) is 133. The van der Waals surface area contributed by atoms with Crippen LogP contribution in [-0.2, 0) is 59.0 Å². The molecule has 17 N–H and O–H groups in total. The van der Waals surface area contributed by atoms with E-state index >= 15 is 0 Å². The standard InChI is InChI=1S/C40H63N11O15/c1-40(2,3)66-39(64)51-28(20-31(56)57)36(62)50-27(19-30(54)55)35(61)49-26(18-21-10-12-22(52)13-11-21)34(60)46-23(9-7-17-45-38(43)44)32(58)47-24(14-15-29(42)53)33(59)48-25(37(63)65-4)8-5-6-16-41/h10-13,23-28,52H,5-9,14-20,41H2,1-4H3,(H2,42,53)(H,46,60)(H,47,58)(H,48,59)(H,49,61)(H,50,62)(H,51,64)(H,54,55)(H,56,57)(H4,43,44,45)/t23-,24-,25-,26-,27-,28-/m0/s1. The van der Waals surface area contributed by atoms with E-state index in [-0.39, 0.29) is 50.4 Å². The van der Waals surface area contributed by atoms with Gasteiger partial charge in [0.2, 0.25) is 35.4 Å². The molecular formula is C40H63N11O15. The minimum atomic E-state index is -1.99. The molecule has 0 unspecified atom stereocenters. The highest BCUT2D eigenvalue weighted by Crippen LogP contribution is 2.14. The summed E-state index contributed by atoms with van der Waals surface area (Å²) in [5.41, 5.74) is 21.0. The number of carbonyl (C=O) groups is 10. The zero-order valence-corrected chi connectivity index (χ0v) is 37.3. The number of nitrogens with zero attached hydrogens (tertiary/aromatic N) is 1. The maximum absolute atomic E-state index is 14.2. The van der Waals surface area contributed by atoms with Gasteiger partial charge < -0.3 is 79.6 Å². The lowest BCUT2D eigenvalue weighted by Crippen LogP contribution is -2.60. The number of methoxy groups -OCH3 is 1. The number of hydrogen-bond donors (Lipinski definition) is 13. The second-order valence-electron chi connectivity index (χ2n) is 15.8. The van der Waals surface area contributed by atoms with E-state index in [0.717, 1.165) is 7.11 Å². The van der Waals surface area contributed by atoms with Crippen LogP contribution in [0.15, 0.2) is 29.3 Å². The number of nitrogens with one attached hydrogen (secondary N) is 6. The number of ether oxygens (including phenoxy) is 2. The van der Waals surface area contributed by atoms with Gasteiger partial charge in [0, 0.05) is 19.4 Å². The molecule has 0 aromatic heterocycles. The first-order chi connectivity index (χ1) is 30.8. The fourth-order valence-corrected chi connectivity index (χ4v) is 5.87. The van der Waals surface area contributed by atoms with Crippen LogP contribution in [0.5, 0.6) is 5.75 Å². The Morgan fingerprint density at radius 1 is 0.636 bits per heavy atom. The number of aromatic hydroxyl groups is 1. The predicted molar refractivity (Wildman–Crippen MR) is 232 cm³/mol. The molecule has 0 aliphatic carbocycles. The van der Waals surface area contributed by atoms with Crippen molar-refractivity contribution < 1.29 is 72.7 Å². The number of aliphatic imine (C=N–C) groups is 1. The monoisotopic (exact) mass is 937 g/mol. The molecule has 66 heavy (non-hydrogen) atoms. The number of alkyl carbamates (subject to hydrolysis) is 1. The number of rotatable bonds is 29. The van der Waals surface area contributed by atoms with E-state index < -0.39 is 121 Å². The molecule has 1 rings (SSSR count). The summed E-state index contributed by atoms with van der Waals surface area (Å²) in [5, 5.41) is 42.9. The minimum Gasteiger partial charge on any atom is -0.508 e. The molecule has 0 saturated heterocycles. The van der Waals surface area contributed by atoms with Crippen molar-refractivity contribution in [3.8, 4) is 5.75 Å². The van der Waals surface area contributed by atoms with Gasteiger partial charge in [0.15, 0.2) is 5.96 Å². The predicted octanol–water partition coefficient (Wildman–Crippen LogP) is -3.18. The first-order valence-electron chi connectivity index (χ1n) is 20.7. The molecule has 0 bridgehead atoms. The number of primary amides is 1. The molecule has 368 valence electrons. The summed E-state index contributed by atoms with van der Waals surface area (Å²) in [6.07, 6.45) is -3.58. The van der Waals surface area contributed by atoms with E-state index in [1.807, 2.05) is 0 Å². The minimum absolute atomic E-state index is 0.0382. The number of nitrogens with two attached hydrogens (primary N) is 4. The van der Waals surface area contributed by atoms with Crippen molar-refractivity contribution in [2.75, 3.05) is 20.2 Å². The first-order valence-corrected chi connectivity index (χ1v) is 20.7. The van der Waals surface area contributed by atoms with E-state index in [0.29, 0.717) is 24.9 Å². The van der Waals surface area contributed by atoms with Gasteiger partial charge in [-0.3, -0.25) is 43.3 Å². The molecule has 0 aliphatic heterocycles. The molecule has 26 nitrogen and oxygen atoms in total. The largest absolute Gasteiger partial charge is 0.508 e. The fourth-order valence-electron chi connectivity index (χ4n) is 5.87. The highest BCUT2D eigenvalue weighted by molar-refractivity contribution is 5.98. The topological polar surface area (TPSA) is 438 Å². The van der Waals surface area contributed by atoms with Gasteiger partial charge >= 0.3 is 24.0 Å². The molecule has 26 heteroatoms. The van der Waals surface area contributed by atoms with Crippen LogP contribution < -0.4 is 54.8 Å². The van der Waals surface area contributed by atoms with Gasteiger partial charge in [-0.2, -0.15) is 0 Å². The zero-order chi connectivity index (χ0) is 50.1. The Morgan fingerprint density at radius 2 is 1.09 bits per heavy atom. The van der Waals surface area contributed by atoms with E-state index in [2.05, 4.69) is 36.9 Å². The Kier molecular flexibility index (Phi) is 24.5. The van der Waals surface area contributed by atoms with Crippen LogP contribution in [0.4, 0.5) is 4.79 Å². The molecule has 1 aromatic carbocycles. The van der Waals surface area contributed by atoms with Crippen LogP contribution in [0.25, 0.3) is 0 Å². The Morgan fingerprint density at radius 3 is 1.58 bits per heavy atom. The Balaban J connectivity index is 3.63. The van der Waals surface area contributed by atoms with E-state index in [1.165, 1.54) is 45.0 Å². The number of phenols is 1. The number of guanidine groups is 1. The fraction of sp³-hybridized carbons (Fsp3) is 0.575. The lowest BCUT2D eigenvalue weighted by Gasteiger charge is -2.27. The van der Waals surface area contributed by atoms with Crippen LogP contribution >= 0.6 is 0 Å². The number of benzene rings is 1. The average Bonchev–Trinajstić information content (AvgIpc) is 3.21. The van der Waals surface area contributed by atoms with Crippen molar-refractivity contribution in [2.45, 2.75) is 127 Å². The summed E-state index contributed by atoms with van der Waals surface area (Å²) < 4.78 is 9.89. The normalized spacial score (nSPS) is 13.7. The second kappa shape index (κ2) is 28.5. The third-order valence-electron chi connectivity index (χ3n) is 9.05. The third kappa shape index (κ3) is 23.4. The third-order valence-corrected chi connectivity index (χ3v) is 9.05. The van der Waals surface area contributed by atoms with Crippen molar-refractivity contribution in [1.82, 2.24) is 31.9 Å². The Bertz CT molecular complexity index is 1890. The Hall–Kier alpha value is -7.25.